The molecule has 196 valence electrons. The zero-order valence-corrected chi connectivity index (χ0v) is 21.6. The number of imidazole rings is 1. The van der Waals surface area contributed by atoms with E-state index in [4.69, 9.17) is 0 Å². The first-order chi connectivity index (χ1) is 18.9. The standard InChI is InChI=1S/C30H28N6O3/c1-34(16-20-2-5-24(6-3-20)35-13-12-31-19-35)17-21-10-11-32-26(14-21)22-4-7-25-23(15-22)18-36(30(25)39)27-8-9-28(37)33-29(27)38/h2-7,10-15,19,27H,8-9,16-18H2,1H3,(H,33,37,38). The number of hydrogen-bond donors (Lipinski definition) is 1. The summed E-state index contributed by atoms with van der Waals surface area (Å²) in [6.07, 6.45) is 7.88. The van der Waals surface area contributed by atoms with Crippen LogP contribution in [0.4, 0.5) is 0 Å². The molecule has 1 saturated heterocycles. The maximum Gasteiger partial charge on any atom is 0.255 e. The lowest BCUT2D eigenvalue weighted by atomic mass is 10.0. The van der Waals surface area contributed by atoms with Crippen LogP contribution in [-0.2, 0) is 29.2 Å². The Morgan fingerprint density at radius 1 is 0.974 bits per heavy atom. The van der Waals surface area contributed by atoms with Crippen LogP contribution >= 0.6 is 0 Å². The van der Waals surface area contributed by atoms with Gasteiger partial charge in [-0.15, -0.1) is 0 Å². The van der Waals surface area contributed by atoms with Gasteiger partial charge in [-0.1, -0.05) is 18.2 Å². The quantitative estimate of drug-likeness (QED) is 0.375. The van der Waals surface area contributed by atoms with Gasteiger partial charge < -0.3 is 9.47 Å². The first-order valence-corrected chi connectivity index (χ1v) is 12.9. The number of benzene rings is 2. The molecule has 39 heavy (non-hydrogen) atoms. The Morgan fingerprint density at radius 2 is 1.79 bits per heavy atom. The van der Waals surface area contributed by atoms with Gasteiger partial charge in [-0.3, -0.25) is 29.6 Å². The molecule has 1 N–H and O–H groups in total. The van der Waals surface area contributed by atoms with Gasteiger partial charge in [-0.2, -0.15) is 0 Å². The topological polar surface area (TPSA) is 100 Å². The molecule has 0 spiro atoms. The molecule has 1 unspecified atom stereocenters. The van der Waals surface area contributed by atoms with Gasteiger partial charge in [0.15, 0.2) is 0 Å². The third-order valence-corrected chi connectivity index (χ3v) is 7.29. The van der Waals surface area contributed by atoms with E-state index in [0.29, 0.717) is 18.5 Å². The van der Waals surface area contributed by atoms with Crippen LogP contribution in [-0.4, -0.2) is 55.1 Å². The Labute approximate surface area is 226 Å². The van der Waals surface area contributed by atoms with E-state index >= 15 is 0 Å². The summed E-state index contributed by atoms with van der Waals surface area (Å²) < 4.78 is 1.98. The highest BCUT2D eigenvalue weighted by Gasteiger charge is 2.39. The van der Waals surface area contributed by atoms with Crippen molar-refractivity contribution in [1.82, 2.24) is 29.7 Å². The van der Waals surface area contributed by atoms with Crippen molar-refractivity contribution in [3.8, 4) is 16.9 Å². The Morgan fingerprint density at radius 3 is 2.56 bits per heavy atom. The van der Waals surface area contributed by atoms with E-state index < -0.39 is 11.9 Å². The number of pyridine rings is 1. The Kier molecular flexibility index (Phi) is 6.50. The maximum absolute atomic E-state index is 13.0. The fourth-order valence-corrected chi connectivity index (χ4v) is 5.33. The summed E-state index contributed by atoms with van der Waals surface area (Å²) in [5.74, 6) is -0.865. The average molecular weight is 521 g/mol. The van der Waals surface area contributed by atoms with E-state index in [9.17, 15) is 14.4 Å². The molecular weight excluding hydrogens is 492 g/mol. The molecule has 4 heterocycles. The van der Waals surface area contributed by atoms with Gasteiger partial charge in [0, 0.05) is 61.5 Å². The summed E-state index contributed by atoms with van der Waals surface area (Å²) in [5.41, 5.74) is 6.66. The molecule has 2 aliphatic rings. The number of piperidine rings is 1. The number of carbonyl (C=O) groups is 3. The lowest BCUT2D eigenvalue weighted by Gasteiger charge is -2.29. The zero-order valence-electron chi connectivity index (χ0n) is 21.6. The summed E-state index contributed by atoms with van der Waals surface area (Å²) in [6, 6.07) is 17.6. The average Bonchev–Trinajstić information content (AvgIpc) is 3.58. The second-order valence-corrected chi connectivity index (χ2v) is 10.1. The van der Waals surface area contributed by atoms with Gasteiger partial charge in [-0.05, 0) is 66.6 Å². The van der Waals surface area contributed by atoms with Crippen LogP contribution < -0.4 is 5.32 Å². The number of nitrogens with one attached hydrogen (secondary N) is 1. The van der Waals surface area contributed by atoms with E-state index in [0.717, 1.165) is 41.2 Å². The first-order valence-electron chi connectivity index (χ1n) is 12.9. The summed E-state index contributed by atoms with van der Waals surface area (Å²) in [4.78, 5) is 49.4. The van der Waals surface area contributed by atoms with Crippen molar-refractivity contribution in [1.29, 1.82) is 0 Å². The van der Waals surface area contributed by atoms with E-state index in [2.05, 4.69) is 57.6 Å². The van der Waals surface area contributed by atoms with Gasteiger partial charge in [0.25, 0.3) is 5.91 Å². The van der Waals surface area contributed by atoms with E-state index in [-0.39, 0.29) is 18.2 Å². The minimum atomic E-state index is -0.620. The van der Waals surface area contributed by atoms with Crippen LogP contribution in [0.5, 0.6) is 0 Å². The van der Waals surface area contributed by atoms with Gasteiger partial charge in [0.1, 0.15) is 6.04 Å². The van der Waals surface area contributed by atoms with Crippen molar-refractivity contribution in [3.05, 3.63) is 102 Å². The molecule has 2 aliphatic heterocycles. The van der Waals surface area contributed by atoms with Crippen LogP contribution in [0.15, 0.2) is 79.5 Å². The highest BCUT2D eigenvalue weighted by molar-refractivity contribution is 6.05. The smallest absolute Gasteiger partial charge is 0.255 e. The lowest BCUT2D eigenvalue weighted by molar-refractivity contribution is -0.136. The van der Waals surface area contributed by atoms with Gasteiger partial charge in [0.2, 0.25) is 11.8 Å². The predicted octanol–water partition coefficient (Wildman–Crippen LogP) is 3.33. The van der Waals surface area contributed by atoms with Crippen LogP contribution in [0.25, 0.3) is 16.9 Å². The summed E-state index contributed by atoms with van der Waals surface area (Å²) in [5, 5.41) is 2.35. The van der Waals surface area contributed by atoms with Crippen LogP contribution in [0.2, 0.25) is 0 Å². The molecule has 6 rings (SSSR count). The molecular formula is C30H28N6O3. The maximum atomic E-state index is 13.0. The largest absolute Gasteiger partial charge is 0.322 e. The molecule has 0 aliphatic carbocycles. The minimum Gasteiger partial charge on any atom is -0.322 e. The molecule has 9 heteroatoms. The Balaban J connectivity index is 1.13. The fraction of sp³-hybridized carbons (Fsp3) is 0.233. The molecule has 0 saturated carbocycles. The van der Waals surface area contributed by atoms with Gasteiger partial charge >= 0.3 is 0 Å². The van der Waals surface area contributed by atoms with Crippen molar-refractivity contribution >= 4 is 17.7 Å². The van der Waals surface area contributed by atoms with Gasteiger partial charge in [-0.25, -0.2) is 4.98 Å². The number of fused-ring (bicyclic) bond motifs is 1. The van der Waals surface area contributed by atoms with Crippen molar-refractivity contribution in [2.45, 2.75) is 38.5 Å². The highest BCUT2D eigenvalue weighted by Crippen LogP contribution is 2.31. The van der Waals surface area contributed by atoms with E-state index in [1.54, 1.807) is 17.4 Å². The second kappa shape index (κ2) is 10.3. The minimum absolute atomic E-state index is 0.174. The molecule has 1 atom stereocenters. The van der Waals surface area contributed by atoms with Crippen LogP contribution in [0, 0.1) is 0 Å². The van der Waals surface area contributed by atoms with Crippen LogP contribution in [0.1, 0.15) is 39.9 Å². The number of carbonyl (C=O) groups excluding carboxylic acids is 3. The van der Waals surface area contributed by atoms with Crippen molar-refractivity contribution < 1.29 is 14.4 Å². The summed E-state index contributed by atoms with van der Waals surface area (Å²) in [6.45, 7) is 1.90. The molecule has 0 bridgehead atoms. The summed E-state index contributed by atoms with van der Waals surface area (Å²) in [7, 11) is 2.09. The molecule has 2 aromatic heterocycles. The van der Waals surface area contributed by atoms with Crippen molar-refractivity contribution in [2.24, 2.45) is 0 Å². The first kappa shape index (κ1) is 24.7. The highest BCUT2D eigenvalue weighted by atomic mass is 16.2. The Bertz CT molecular complexity index is 1550. The molecule has 3 amide bonds. The number of hydrogen-bond acceptors (Lipinski definition) is 6. The van der Waals surface area contributed by atoms with Crippen molar-refractivity contribution in [2.75, 3.05) is 7.05 Å². The lowest BCUT2D eigenvalue weighted by Crippen LogP contribution is -2.52. The van der Waals surface area contributed by atoms with E-state index in [1.807, 2.05) is 41.2 Å². The molecule has 0 radical (unpaired) electrons. The second-order valence-electron chi connectivity index (χ2n) is 10.1. The molecule has 1 fully saturated rings. The number of nitrogens with zero attached hydrogens (tertiary/aromatic N) is 5. The number of imide groups is 1. The zero-order chi connectivity index (χ0) is 26.9. The van der Waals surface area contributed by atoms with Gasteiger partial charge in [0.05, 0.1) is 12.0 Å². The number of amides is 3. The summed E-state index contributed by atoms with van der Waals surface area (Å²) >= 11 is 0. The third-order valence-electron chi connectivity index (χ3n) is 7.29. The van der Waals surface area contributed by atoms with Crippen LogP contribution in [0.3, 0.4) is 0 Å². The Hall–Kier alpha value is -4.63. The van der Waals surface area contributed by atoms with Crippen molar-refractivity contribution in [3.63, 3.8) is 0 Å². The monoisotopic (exact) mass is 520 g/mol. The number of aromatic nitrogens is 3. The molecule has 2 aromatic carbocycles. The molecule has 4 aromatic rings. The molecule has 9 nitrogen and oxygen atoms in total. The predicted molar refractivity (Wildman–Crippen MR) is 144 cm³/mol. The normalized spacial score (nSPS) is 17.0. The van der Waals surface area contributed by atoms with E-state index in [1.165, 1.54) is 5.56 Å². The third kappa shape index (κ3) is 5.08. The fourth-order valence-electron chi connectivity index (χ4n) is 5.33. The number of rotatable bonds is 7. The SMILES string of the molecule is CN(Cc1ccc(-n2ccnc2)cc1)Cc1ccnc(-c2ccc3c(c2)CN(C2CCC(=O)NC2=O)C3=O)c1.